The number of hydrogen-bond donors (Lipinski definition) is 1. The smallest absolute Gasteiger partial charge is 0.259 e. The van der Waals surface area contributed by atoms with Gasteiger partial charge in [-0.25, -0.2) is 4.98 Å². The zero-order chi connectivity index (χ0) is 19.0. The first-order valence-corrected chi connectivity index (χ1v) is 11.7. The van der Waals surface area contributed by atoms with E-state index < -0.39 is 0 Å². The van der Waals surface area contributed by atoms with E-state index >= 15 is 0 Å². The van der Waals surface area contributed by atoms with E-state index in [4.69, 9.17) is 4.98 Å². The van der Waals surface area contributed by atoms with Gasteiger partial charge < -0.3 is 9.88 Å². The van der Waals surface area contributed by atoms with Gasteiger partial charge in [-0.3, -0.25) is 14.5 Å². The molecule has 1 N–H and O–H groups in total. The van der Waals surface area contributed by atoms with Crippen molar-refractivity contribution in [1.82, 2.24) is 19.8 Å². The number of thioether (sulfide) groups is 1. The molecule has 2 aromatic heterocycles. The number of nitrogens with one attached hydrogen (secondary N) is 1. The van der Waals surface area contributed by atoms with E-state index in [9.17, 15) is 9.59 Å². The van der Waals surface area contributed by atoms with Crippen LogP contribution in [0.3, 0.4) is 0 Å². The minimum Gasteiger partial charge on any atom is -0.339 e. The standard InChI is InChI=1S/C19H26N4O2S2/c1-12(26-2)19(25)23-9-7-22(8-10-23)11-15-20-17(24)16-13-5-3-4-6-14(13)27-18(16)21-15/h12H,3-11H2,1-2H3,(H,20,21,24). The van der Waals surface area contributed by atoms with Crippen LogP contribution >= 0.6 is 23.1 Å². The predicted octanol–water partition coefficient (Wildman–Crippen LogP) is 2.26. The molecule has 0 spiro atoms. The van der Waals surface area contributed by atoms with E-state index in [0.717, 1.165) is 61.5 Å². The Morgan fingerprint density at radius 1 is 1.26 bits per heavy atom. The summed E-state index contributed by atoms with van der Waals surface area (Å²) < 4.78 is 0. The second kappa shape index (κ2) is 7.93. The van der Waals surface area contributed by atoms with Gasteiger partial charge in [0, 0.05) is 31.1 Å². The van der Waals surface area contributed by atoms with Crippen LogP contribution in [0.1, 0.15) is 36.0 Å². The lowest BCUT2D eigenvalue weighted by Gasteiger charge is -2.35. The molecule has 0 saturated carbocycles. The van der Waals surface area contributed by atoms with Crippen LogP contribution in [0.2, 0.25) is 0 Å². The monoisotopic (exact) mass is 406 g/mol. The van der Waals surface area contributed by atoms with E-state index in [2.05, 4.69) is 9.88 Å². The maximum atomic E-state index is 12.7. The number of nitrogens with zero attached hydrogens (tertiary/aromatic N) is 3. The summed E-state index contributed by atoms with van der Waals surface area (Å²) in [5.41, 5.74) is 1.24. The van der Waals surface area contributed by atoms with Crippen molar-refractivity contribution in [1.29, 1.82) is 0 Å². The van der Waals surface area contributed by atoms with Crippen molar-refractivity contribution in [3.63, 3.8) is 0 Å². The van der Waals surface area contributed by atoms with Gasteiger partial charge >= 0.3 is 0 Å². The van der Waals surface area contributed by atoms with Crippen molar-refractivity contribution in [2.75, 3.05) is 32.4 Å². The van der Waals surface area contributed by atoms with E-state index in [-0.39, 0.29) is 16.7 Å². The number of H-pyrrole nitrogens is 1. The number of rotatable bonds is 4. The Kier molecular flexibility index (Phi) is 5.57. The van der Waals surface area contributed by atoms with Gasteiger partial charge in [0.05, 0.1) is 17.2 Å². The van der Waals surface area contributed by atoms with E-state index in [0.29, 0.717) is 6.54 Å². The molecule has 3 heterocycles. The summed E-state index contributed by atoms with van der Waals surface area (Å²) in [6.45, 7) is 5.70. The first-order valence-electron chi connectivity index (χ1n) is 9.64. The van der Waals surface area contributed by atoms with Gasteiger partial charge in [0.1, 0.15) is 10.7 Å². The summed E-state index contributed by atoms with van der Waals surface area (Å²) in [6.07, 6.45) is 6.43. The van der Waals surface area contributed by atoms with E-state index in [1.165, 1.54) is 16.9 Å². The Morgan fingerprint density at radius 2 is 2.00 bits per heavy atom. The molecule has 0 radical (unpaired) electrons. The molecule has 4 rings (SSSR count). The third kappa shape index (κ3) is 3.79. The van der Waals surface area contributed by atoms with Crippen LogP contribution in [0.25, 0.3) is 10.2 Å². The summed E-state index contributed by atoms with van der Waals surface area (Å²) in [4.78, 5) is 39.2. The molecule has 1 fully saturated rings. The number of fused-ring (bicyclic) bond motifs is 3. The normalized spacial score (nSPS) is 19.3. The highest BCUT2D eigenvalue weighted by Crippen LogP contribution is 2.33. The molecule has 27 heavy (non-hydrogen) atoms. The highest BCUT2D eigenvalue weighted by atomic mass is 32.2. The number of carbonyl (C=O) groups excluding carboxylic acids is 1. The third-order valence-corrected chi connectivity index (χ3v) is 7.73. The third-order valence-electron chi connectivity index (χ3n) is 5.63. The van der Waals surface area contributed by atoms with Crippen molar-refractivity contribution in [3.8, 4) is 0 Å². The van der Waals surface area contributed by atoms with Crippen LogP contribution in [0.4, 0.5) is 0 Å². The summed E-state index contributed by atoms with van der Waals surface area (Å²) >= 11 is 3.29. The Morgan fingerprint density at radius 3 is 2.74 bits per heavy atom. The topological polar surface area (TPSA) is 69.3 Å². The van der Waals surface area contributed by atoms with Crippen molar-refractivity contribution < 1.29 is 4.79 Å². The van der Waals surface area contributed by atoms with Crippen LogP contribution in [-0.4, -0.2) is 63.4 Å². The average Bonchev–Trinajstić information content (AvgIpc) is 3.06. The van der Waals surface area contributed by atoms with Gasteiger partial charge in [-0.05, 0) is 44.4 Å². The molecule has 0 bridgehead atoms. The SMILES string of the molecule is CSC(C)C(=O)N1CCN(Cc2nc3sc4c(c3c(=O)[nH]2)CCCC4)CC1. The van der Waals surface area contributed by atoms with Crippen LogP contribution in [0.15, 0.2) is 4.79 Å². The quantitative estimate of drug-likeness (QED) is 0.843. The summed E-state index contributed by atoms with van der Waals surface area (Å²) in [5.74, 6) is 0.961. The lowest BCUT2D eigenvalue weighted by Crippen LogP contribution is -2.50. The molecule has 1 saturated heterocycles. The van der Waals surface area contributed by atoms with Gasteiger partial charge in [0.15, 0.2) is 0 Å². The molecular weight excluding hydrogens is 380 g/mol. The molecule has 2 aromatic rings. The Labute approximate surface area is 167 Å². The molecule has 2 aliphatic rings. The minimum atomic E-state index is 0.0111. The number of amides is 1. The Hall–Kier alpha value is -1.38. The fraction of sp³-hybridized carbons (Fsp3) is 0.632. The van der Waals surface area contributed by atoms with Crippen molar-refractivity contribution in [3.05, 3.63) is 26.6 Å². The van der Waals surface area contributed by atoms with Crippen LogP contribution in [0, 0.1) is 0 Å². The van der Waals surface area contributed by atoms with Gasteiger partial charge in [0.2, 0.25) is 5.91 Å². The fourth-order valence-electron chi connectivity index (χ4n) is 3.98. The summed E-state index contributed by atoms with van der Waals surface area (Å²) in [6, 6.07) is 0. The molecule has 0 aromatic carbocycles. The number of hydrogen-bond acceptors (Lipinski definition) is 6. The number of carbonyl (C=O) groups is 1. The van der Waals surface area contributed by atoms with Crippen molar-refractivity contribution in [2.24, 2.45) is 0 Å². The highest BCUT2D eigenvalue weighted by Gasteiger charge is 2.25. The number of aromatic nitrogens is 2. The minimum absolute atomic E-state index is 0.0111. The first-order chi connectivity index (χ1) is 13.1. The molecule has 1 aliphatic heterocycles. The van der Waals surface area contributed by atoms with Gasteiger partial charge in [-0.2, -0.15) is 11.8 Å². The highest BCUT2D eigenvalue weighted by molar-refractivity contribution is 7.99. The van der Waals surface area contributed by atoms with Crippen molar-refractivity contribution >= 4 is 39.2 Å². The largest absolute Gasteiger partial charge is 0.339 e. The maximum absolute atomic E-state index is 12.7. The van der Waals surface area contributed by atoms with Crippen LogP contribution in [0.5, 0.6) is 0 Å². The summed E-state index contributed by atoms with van der Waals surface area (Å²) in [5, 5.41) is 0.835. The van der Waals surface area contributed by atoms with Gasteiger partial charge in [-0.15, -0.1) is 11.3 Å². The molecule has 1 amide bonds. The molecule has 1 aliphatic carbocycles. The maximum Gasteiger partial charge on any atom is 0.259 e. The van der Waals surface area contributed by atoms with Crippen molar-refractivity contribution in [2.45, 2.75) is 44.4 Å². The fourth-order valence-corrected chi connectivity index (χ4v) is 5.61. The van der Waals surface area contributed by atoms with Crippen LogP contribution in [-0.2, 0) is 24.2 Å². The second-order valence-electron chi connectivity index (χ2n) is 7.38. The predicted molar refractivity (Wildman–Crippen MR) is 112 cm³/mol. The first kappa shape index (κ1) is 19.0. The number of aromatic amines is 1. The lowest BCUT2D eigenvalue weighted by molar-refractivity contribution is -0.132. The molecule has 8 heteroatoms. The van der Waals surface area contributed by atoms with E-state index in [1.54, 1.807) is 23.1 Å². The van der Waals surface area contributed by atoms with Gasteiger partial charge in [0.25, 0.3) is 5.56 Å². The lowest BCUT2D eigenvalue weighted by atomic mass is 9.97. The molecule has 1 unspecified atom stereocenters. The number of piperazine rings is 1. The molecule has 146 valence electrons. The Balaban J connectivity index is 1.45. The molecular formula is C19H26N4O2S2. The molecule has 1 atom stereocenters. The Bertz CT molecular complexity index is 899. The zero-order valence-electron chi connectivity index (χ0n) is 15.9. The average molecular weight is 407 g/mol. The second-order valence-corrected chi connectivity index (χ2v) is 9.65. The van der Waals surface area contributed by atoms with Gasteiger partial charge in [-0.1, -0.05) is 0 Å². The van der Waals surface area contributed by atoms with Crippen LogP contribution < -0.4 is 5.56 Å². The number of aryl methyl sites for hydroxylation is 2. The zero-order valence-corrected chi connectivity index (χ0v) is 17.5. The number of thiophene rings is 1. The van der Waals surface area contributed by atoms with E-state index in [1.807, 2.05) is 18.1 Å². The molecule has 6 nitrogen and oxygen atoms in total. The summed E-state index contributed by atoms with van der Waals surface area (Å²) in [7, 11) is 0.